The molecule has 30 heavy (non-hydrogen) atoms. The monoisotopic (exact) mass is 407 g/mol. The Morgan fingerprint density at radius 1 is 1.20 bits per heavy atom. The third-order valence-electron chi connectivity index (χ3n) is 4.48. The number of para-hydroxylation sites is 1. The smallest absolute Gasteiger partial charge is 0.249 e. The normalized spacial score (nSPS) is 12.3. The van der Waals surface area contributed by atoms with E-state index < -0.39 is 0 Å². The van der Waals surface area contributed by atoms with Crippen molar-refractivity contribution in [2.75, 3.05) is 24.7 Å². The highest BCUT2D eigenvalue weighted by Gasteiger charge is 2.22. The summed E-state index contributed by atoms with van der Waals surface area (Å²) in [5.74, 6) is 1.77. The van der Waals surface area contributed by atoms with Crippen molar-refractivity contribution in [2.45, 2.75) is 13.1 Å². The zero-order chi connectivity index (χ0) is 20.8. The summed E-state index contributed by atoms with van der Waals surface area (Å²) in [6, 6.07) is 13.0. The fourth-order valence-electron chi connectivity index (χ4n) is 3.09. The van der Waals surface area contributed by atoms with Gasteiger partial charge in [-0.2, -0.15) is 0 Å². The number of anilines is 1. The van der Waals surface area contributed by atoms with Crippen LogP contribution in [0.5, 0.6) is 17.2 Å². The van der Waals surface area contributed by atoms with Gasteiger partial charge in [0.1, 0.15) is 38.4 Å². The molecule has 3 aromatic rings. The standard InChI is InChI=1S/C21H21N5O4/c1-2-9-28-18-6-4-3-5-16(18)13-26(21(27)14-25-15-22-23-24-25)17-7-8-19-20(12-17)30-11-10-29-19/h2-8,12,15H,1,9-11,13-14H2. The number of amides is 1. The van der Waals surface area contributed by atoms with Crippen molar-refractivity contribution >= 4 is 11.6 Å². The van der Waals surface area contributed by atoms with E-state index in [0.29, 0.717) is 49.3 Å². The Morgan fingerprint density at radius 2 is 2.03 bits per heavy atom. The van der Waals surface area contributed by atoms with Crippen molar-refractivity contribution in [1.29, 1.82) is 0 Å². The van der Waals surface area contributed by atoms with Gasteiger partial charge < -0.3 is 19.1 Å². The van der Waals surface area contributed by atoms with Crippen LogP contribution in [0.15, 0.2) is 61.4 Å². The molecule has 9 heteroatoms. The van der Waals surface area contributed by atoms with Crippen LogP contribution in [0.3, 0.4) is 0 Å². The van der Waals surface area contributed by atoms with Gasteiger partial charge in [-0.05, 0) is 28.6 Å². The first-order valence-electron chi connectivity index (χ1n) is 9.47. The van der Waals surface area contributed by atoms with E-state index in [1.165, 1.54) is 11.0 Å². The minimum atomic E-state index is -0.183. The van der Waals surface area contributed by atoms with Gasteiger partial charge in [-0.1, -0.05) is 30.9 Å². The van der Waals surface area contributed by atoms with Crippen LogP contribution in [0.1, 0.15) is 5.56 Å². The summed E-state index contributed by atoms with van der Waals surface area (Å²) in [5, 5.41) is 11.0. The van der Waals surface area contributed by atoms with E-state index in [1.54, 1.807) is 23.1 Å². The Bertz CT molecular complexity index is 1020. The van der Waals surface area contributed by atoms with Gasteiger partial charge in [0, 0.05) is 17.3 Å². The van der Waals surface area contributed by atoms with Crippen molar-refractivity contribution in [3.63, 3.8) is 0 Å². The van der Waals surface area contributed by atoms with Crippen LogP contribution < -0.4 is 19.1 Å². The lowest BCUT2D eigenvalue weighted by Gasteiger charge is -2.26. The fourth-order valence-corrected chi connectivity index (χ4v) is 3.09. The Kier molecular flexibility index (Phi) is 5.88. The molecule has 2 aromatic carbocycles. The number of ether oxygens (including phenoxy) is 3. The molecule has 0 saturated carbocycles. The SMILES string of the molecule is C=CCOc1ccccc1CN(C(=O)Cn1cnnn1)c1ccc2c(c1)OCCO2. The van der Waals surface area contributed by atoms with Gasteiger partial charge in [-0.15, -0.1) is 5.10 Å². The highest BCUT2D eigenvalue weighted by molar-refractivity contribution is 5.93. The molecule has 0 aliphatic carbocycles. The van der Waals surface area contributed by atoms with Crippen LogP contribution in [-0.2, 0) is 17.9 Å². The minimum Gasteiger partial charge on any atom is -0.489 e. The van der Waals surface area contributed by atoms with Crippen molar-refractivity contribution in [3.8, 4) is 17.2 Å². The Balaban J connectivity index is 1.65. The average Bonchev–Trinajstić information content (AvgIpc) is 3.29. The molecule has 1 aliphatic heterocycles. The van der Waals surface area contributed by atoms with Gasteiger partial charge in [0.25, 0.3) is 0 Å². The molecule has 2 heterocycles. The van der Waals surface area contributed by atoms with E-state index in [-0.39, 0.29) is 12.5 Å². The fraction of sp³-hybridized carbons (Fsp3) is 0.238. The number of aromatic nitrogens is 4. The molecule has 0 fully saturated rings. The van der Waals surface area contributed by atoms with Crippen molar-refractivity contribution < 1.29 is 19.0 Å². The molecule has 0 radical (unpaired) electrons. The Hall–Kier alpha value is -3.88. The van der Waals surface area contributed by atoms with Crippen LogP contribution in [0.25, 0.3) is 0 Å². The molecule has 0 saturated heterocycles. The predicted octanol–water partition coefficient (Wildman–Crippen LogP) is 2.24. The quantitative estimate of drug-likeness (QED) is 0.529. The Labute approximate surface area is 173 Å². The highest BCUT2D eigenvalue weighted by atomic mass is 16.6. The van der Waals surface area contributed by atoms with Gasteiger partial charge in [0.2, 0.25) is 5.91 Å². The van der Waals surface area contributed by atoms with Crippen LogP contribution in [0, 0.1) is 0 Å². The van der Waals surface area contributed by atoms with Gasteiger partial charge in [-0.3, -0.25) is 4.79 Å². The summed E-state index contributed by atoms with van der Waals surface area (Å²) < 4.78 is 18.4. The van der Waals surface area contributed by atoms with Crippen LogP contribution in [0.4, 0.5) is 5.69 Å². The third kappa shape index (κ3) is 4.40. The first-order valence-corrected chi connectivity index (χ1v) is 9.47. The molecule has 1 aliphatic rings. The summed E-state index contributed by atoms with van der Waals surface area (Å²) in [4.78, 5) is 14.8. The van der Waals surface area contributed by atoms with E-state index in [9.17, 15) is 4.79 Å². The summed E-state index contributed by atoms with van der Waals surface area (Å²) in [5.41, 5.74) is 1.54. The van der Waals surface area contributed by atoms with Gasteiger partial charge in [0.05, 0.1) is 6.54 Å². The molecule has 4 rings (SSSR count). The third-order valence-corrected chi connectivity index (χ3v) is 4.48. The maximum Gasteiger partial charge on any atom is 0.249 e. The topological polar surface area (TPSA) is 91.6 Å². The van der Waals surface area contributed by atoms with E-state index in [1.807, 2.05) is 30.3 Å². The molecule has 0 bridgehead atoms. The molecule has 154 valence electrons. The first kappa shape index (κ1) is 19.4. The molecule has 0 atom stereocenters. The largest absolute Gasteiger partial charge is 0.489 e. The molecule has 0 unspecified atom stereocenters. The zero-order valence-electron chi connectivity index (χ0n) is 16.3. The van der Waals surface area contributed by atoms with Crippen molar-refractivity contribution in [1.82, 2.24) is 20.2 Å². The number of hydrogen-bond donors (Lipinski definition) is 0. The molecule has 0 N–H and O–H groups in total. The number of tetrazole rings is 1. The summed E-state index contributed by atoms with van der Waals surface area (Å²) in [7, 11) is 0. The number of carbonyl (C=O) groups excluding carboxylic acids is 1. The number of nitrogens with zero attached hydrogens (tertiary/aromatic N) is 5. The second-order valence-corrected chi connectivity index (χ2v) is 6.52. The number of carbonyl (C=O) groups is 1. The lowest BCUT2D eigenvalue weighted by molar-refractivity contribution is -0.119. The molecule has 1 amide bonds. The van der Waals surface area contributed by atoms with E-state index in [2.05, 4.69) is 22.1 Å². The van der Waals surface area contributed by atoms with Crippen molar-refractivity contribution in [3.05, 3.63) is 67.0 Å². The molecular weight excluding hydrogens is 386 g/mol. The summed E-state index contributed by atoms with van der Waals surface area (Å²) >= 11 is 0. The maximum atomic E-state index is 13.2. The van der Waals surface area contributed by atoms with Gasteiger partial charge in [-0.25, -0.2) is 4.68 Å². The van der Waals surface area contributed by atoms with Crippen molar-refractivity contribution in [2.24, 2.45) is 0 Å². The second-order valence-electron chi connectivity index (χ2n) is 6.52. The average molecular weight is 407 g/mol. The summed E-state index contributed by atoms with van der Waals surface area (Å²) in [6.45, 7) is 5.33. The number of benzene rings is 2. The van der Waals surface area contributed by atoms with Crippen LogP contribution >= 0.6 is 0 Å². The minimum absolute atomic E-state index is 0.00285. The second kappa shape index (κ2) is 9.08. The number of rotatable bonds is 8. The molecular formula is C21H21N5O4. The highest BCUT2D eigenvalue weighted by Crippen LogP contribution is 2.35. The molecule has 1 aromatic heterocycles. The lowest BCUT2D eigenvalue weighted by Crippen LogP contribution is -2.34. The van der Waals surface area contributed by atoms with E-state index in [0.717, 1.165) is 5.56 Å². The van der Waals surface area contributed by atoms with E-state index in [4.69, 9.17) is 14.2 Å². The van der Waals surface area contributed by atoms with Gasteiger partial charge >= 0.3 is 0 Å². The Morgan fingerprint density at radius 3 is 2.83 bits per heavy atom. The lowest BCUT2D eigenvalue weighted by atomic mass is 10.1. The number of fused-ring (bicyclic) bond motifs is 1. The van der Waals surface area contributed by atoms with Gasteiger partial charge in [0.15, 0.2) is 11.5 Å². The molecule has 9 nitrogen and oxygen atoms in total. The van der Waals surface area contributed by atoms with Crippen LogP contribution in [-0.4, -0.2) is 45.9 Å². The van der Waals surface area contributed by atoms with Crippen LogP contribution in [0.2, 0.25) is 0 Å². The molecule has 0 spiro atoms. The maximum absolute atomic E-state index is 13.2. The zero-order valence-corrected chi connectivity index (χ0v) is 16.3. The first-order chi connectivity index (χ1) is 14.7. The van der Waals surface area contributed by atoms with E-state index >= 15 is 0 Å². The summed E-state index contributed by atoms with van der Waals surface area (Å²) in [6.07, 6.45) is 3.08. The predicted molar refractivity (Wildman–Crippen MR) is 109 cm³/mol. The number of hydrogen-bond acceptors (Lipinski definition) is 7.